The molecule has 0 bridgehead atoms. The highest BCUT2D eigenvalue weighted by molar-refractivity contribution is 5.98. The van der Waals surface area contributed by atoms with Gasteiger partial charge in [-0.05, 0) is 118 Å². The lowest BCUT2D eigenvalue weighted by molar-refractivity contribution is 0.477. The summed E-state index contributed by atoms with van der Waals surface area (Å²) in [5.41, 5.74) is 16.4. The maximum Gasteiger partial charge on any atom is 0.149 e. The molecule has 0 unspecified atom stereocenters. The van der Waals surface area contributed by atoms with Gasteiger partial charge in [-0.1, -0.05) is 142 Å². The van der Waals surface area contributed by atoms with E-state index in [1.54, 1.807) is 6.07 Å². The molecule has 2 aromatic heterocycles. The molecule has 0 fully saturated rings. The lowest BCUT2D eigenvalue weighted by Gasteiger charge is -2.25. The summed E-state index contributed by atoms with van der Waals surface area (Å²) in [5, 5.41) is 11.4. The zero-order chi connectivity index (χ0) is 39.1. The molecule has 9 aromatic rings. The van der Waals surface area contributed by atoms with E-state index >= 15 is 0 Å². The highest BCUT2D eigenvalue weighted by Gasteiger charge is 2.26. The van der Waals surface area contributed by atoms with Crippen LogP contribution in [-0.4, -0.2) is 19.6 Å². The van der Waals surface area contributed by atoms with E-state index in [2.05, 4.69) is 172 Å². The second-order valence-electron chi connectivity index (χ2n) is 15.8. The average molecular weight is 738 g/mol. The summed E-state index contributed by atoms with van der Waals surface area (Å²) in [7, 11) is 0. The molecule has 9 rings (SSSR count). The van der Waals surface area contributed by atoms with Crippen molar-refractivity contribution in [2.24, 2.45) is 0 Å². The maximum absolute atomic E-state index is 11.4. The smallest absolute Gasteiger partial charge is 0.149 e. The van der Waals surface area contributed by atoms with Crippen molar-refractivity contribution in [1.82, 2.24) is 14.5 Å². The van der Waals surface area contributed by atoms with Gasteiger partial charge in [0, 0.05) is 17.3 Å². The molecule has 0 saturated heterocycles. The van der Waals surface area contributed by atoms with Crippen LogP contribution in [0.3, 0.4) is 0 Å². The number of imidazole rings is 1. The lowest BCUT2D eigenvalue weighted by atomic mass is 9.83. The van der Waals surface area contributed by atoms with Crippen molar-refractivity contribution < 1.29 is 5.11 Å². The van der Waals surface area contributed by atoms with Gasteiger partial charge in [-0.15, -0.1) is 0 Å². The molecule has 0 radical (unpaired) electrons. The third-order valence-electron chi connectivity index (χ3n) is 10.8. The van der Waals surface area contributed by atoms with Gasteiger partial charge in [-0.2, -0.15) is 0 Å². The molecule has 7 aromatic carbocycles. The fraction of sp³-hybridized carbons (Fsp3) is 0.0943. The fourth-order valence-corrected chi connectivity index (χ4v) is 7.80. The van der Waals surface area contributed by atoms with E-state index < -0.39 is 0 Å². The minimum atomic E-state index is -0.205. The molecule has 0 aliphatic carbocycles. The van der Waals surface area contributed by atoms with E-state index in [4.69, 9.17) is 9.97 Å². The van der Waals surface area contributed by atoms with E-state index in [0.717, 1.165) is 66.9 Å². The van der Waals surface area contributed by atoms with Gasteiger partial charge in [0.25, 0.3) is 0 Å². The fourth-order valence-electron chi connectivity index (χ4n) is 7.80. The van der Waals surface area contributed by atoms with Crippen LogP contribution in [0.5, 0.6) is 5.75 Å². The number of benzene rings is 7. The average Bonchev–Trinajstić information content (AvgIpc) is 3.63. The Balaban J connectivity index is 1.29. The number of aryl methyl sites for hydroxylation is 1. The molecular formula is C53H43N3O. The van der Waals surface area contributed by atoms with Gasteiger partial charge < -0.3 is 5.11 Å². The summed E-state index contributed by atoms with van der Waals surface area (Å²) in [6.07, 6.45) is 1.90. The van der Waals surface area contributed by atoms with Crippen LogP contribution in [0.1, 0.15) is 31.9 Å². The van der Waals surface area contributed by atoms with Gasteiger partial charge in [-0.25, -0.2) is 4.98 Å². The number of nitrogens with zero attached hydrogens (tertiary/aromatic N) is 3. The quantitative estimate of drug-likeness (QED) is 0.177. The standard InChI is InChI=1S/C53H43N3O/c1-35-22-24-38(25-23-35)40-28-29-54-47(34-40)43-31-41(37-16-9-6-10-17-37)30-42(32-43)44-19-13-20-49-51(44)55-52(45-18-11-12-21-50(45)57)56(49)48-27-26-39(33-46(48)53(2,3)4)36-14-7-5-8-15-36/h5-34,57H,1-4H3. The molecular weight excluding hydrogens is 695 g/mol. The topological polar surface area (TPSA) is 50.9 Å². The number of fused-ring (bicyclic) bond motifs is 1. The van der Waals surface area contributed by atoms with Gasteiger partial charge in [-0.3, -0.25) is 9.55 Å². The molecule has 0 aliphatic heterocycles. The predicted octanol–water partition coefficient (Wildman–Crippen LogP) is 13.7. The SMILES string of the molecule is Cc1ccc(-c2ccnc(-c3cc(-c4ccccc4)cc(-c4cccc5c4nc(-c4ccccc4O)n5-c4ccc(-c5ccccc5)cc4C(C)(C)C)c3)c2)cc1. The van der Waals surface area contributed by atoms with Crippen molar-refractivity contribution in [3.05, 3.63) is 193 Å². The Morgan fingerprint density at radius 1 is 0.491 bits per heavy atom. The van der Waals surface area contributed by atoms with Gasteiger partial charge in [0.15, 0.2) is 0 Å². The van der Waals surface area contributed by atoms with Crippen LogP contribution >= 0.6 is 0 Å². The van der Waals surface area contributed by atoms with Crippen LogP contribution in [-0.2, 0) is 5.41 Å². The molecule has 0 aliphatic rings. The van der Waals surface area contributed by atoms with E-state index in [1.807, 2.05) is 36.5 Å². The summed E-state index contributed by atoms with van der Waals surface area (Å²) in [4.78, 5) is 10.4. The monoisotopic (exact) mass is 737 g/mol. The molecule has 4 heteroatoms. The van der Waals surface area contributed by atoms with Gasteiger partial charge >= 0.3 is 0 Å². The van der Waals surface area contributed by atoms with Gasteiger partial charge in [0.05, 0.1) is 28.0 Å². The molecule has 276 valence electrons. The highest BCUT2D eigenvalue weighted by Crippen LogP contribution is 2.42. The Labute approximate surface area is 334 Å². The Bertz CT molecular complexity index is 2880. The molecule has 0 saturated carbocycles. The number of rotatable bonds is 7. The van der Waals surface area contributed by atoms with Crippen molar-refractivity contribution in [2.75, 3.05) is 0 Å². The van der Waals surface area contributed by atoms with Crippen molar-refractivity contribution in [2.45, 2.75) is 33.1 Å². The Kier molecular flexibility index (Phi) is 9.10. The van der Waals surface area contributed by atoms with E-state index in [1.165, 1.54) is 16.7 Å². The van der Waals surface area contributed by atoms with Crippen LogP contribution in [0.15, 0.2) is 182 Å². The van der Waals surface area contributed by atoms with Crippen molar-refractivity contribution in [1.29, 1.82) is 0 Å². The number of hydrogen-bond donors (Lipinski definition) is 1. The Morgan fingerprint density at radius 3 is 1.81 bits per heavy atom. The second kappa shape index (κ2) is 14.6. The number of phenols is 1. The lowest BCUT2D eigenvalue weighted by Crippen LogP contribution is -2.16. The highest BCUT2D eigenvalue weighted by atomic mass is 16.3. The van der Waals surface area contributed by atoms with Crippen molar-refractivity contribution in [3.8, 4) is 78.6 Å². The van der Waals surface area contributed by atoms with Gasteiger partial charge in [0.2, 0.25) is 0 Å². The summed E-state index contributed by atoms with van der Waals surface area (Å²) in [5.74, 6) is 0.863. The number of aromatic hydroxyl groups is 1. The van der Waals surface area contributed by atoms with E-state index in [0.29, 0.717) is 11.4 Å². The zero-order valence-electron chi connectivity index (χ0n) is 32.6. The normalized spacial score (nSPS) is 11.6. The van der Waals surface area contributed by atoms with Crippen molar-refractivity contribution in [3.63, 3.8) is 0 Å². The summed E-state index contributed by atoms with van der Waals surface area (Å²) < 4.78 is 2.23. The van der Waals surface area contributed by atoms with Gasteiger partial charge in [0.1, 0.15) is 11.6 Å². The predicted molar refractivity (Wildman–Crippen MR) is 237 cm³/mol. The molecule has 1 N–H and O–H groups in total. The Hall–Kier alpha value is -7.04. The molecule has 0 amide bonds. The van der Waals surface area contributed by atoms with Crippen LogP contribution in [0, 0.1) is 6.92 Å². The summed E-state index contributed by atoms with van der Waals surface area (Å²) in [6.45, 7) is 8.87. The summed E-state index contributed by atoms with van der Waals surface area (Å²) in [6, 6.07) is 61.2. The number of para-hydroxylation sites is 2. The van der Waals surface area contributed by atoms with Crippen LogP contribution in [0.4, 0.5) is 0 Å². The molecule has 4 nitrogen and oxygen atoms in total. The van der Waals surface area contributed by atoms with E-state index in [-0.39, 0.29) is 11.2 Å². The number of pyridine rings is 1. The first kappa shape index (κ1) is 35.6. The molecule has 0 atom stereocenters. The number of hydrogen-bond acceptors (Lipinski definition) is 3. The van der Waals surface area contributed by atoms with Crippen LogP contribution in [0.2, 0.25) is 0 Å². The largest absolute Gasteiger partial charge is 0.507 e. The zero-order valence-corrected chi connectivity index (χ0v) is 32.6. The minimum Gasteiger partial charge on any atom is -0.507 e. The second-order valence-corrected chi connectivity index (χ2v) is 15.8. The first-order valence-corrected chi connectivity index (χ1v) is 19.5. The van der Waals surface area contributed by atoms with Crippen LogP contribution < -0.4 is 0 Å². The van der Waals surface area contributed by atoms with Crippen molar-refractivity contribution >= 4 is 11.0 Å². The van der Waals surface area contributed by atoms with E-state index in [9.17, 15) is 5.11 Å². The number of aromatic nitrogens is 3. The first-order valence-electron chi connectivity index (χ1n) is 19.5. The minimum absolute atomic E-state index is 0.182. The molecule has 2 heterocycles. The third kappa shape index (κ3) is 6.91. The maximum atomic E-state index is 11.4. The summed E-state index contributed by atoms with van der Waals surface area (Å²) >= 11 is 0. The Morgan fingerprint density at radius 2 is 1.09 bits per heavy atom. The number of phenolic OH excluding ortho intramolecular Hbond substituents is 1. The molecule has 57 heavy (non-hydrogen) atoms. The van der Waals surface area contributed by atoms with Crippen LogP contribution in [0.25, 0.3) is 83.9 Å². The third-order valence-corrected chi connectivity index (χ3v) is 10.8. The first-order chi connectivity index (χ1) is 27.7. The molecule has 0 spiro atoms.